The third-order valence-corrected chi connectivity index (χ3v) is 5.74. The predicted octanol–water partition coefficient (Wildman–Crippen LogP) is 3.42. The SMILES string of the molecule is Cc1ccsc1C1CC1C(=O)NC(C)(C(=O)O)c1ccc(F)cc1. The second-order valence-electron chi connectivity index (χ2n) is 6.34. The van der Waals surface area contributed by atoms with E-state index in [1.807, 2.05) is 18.4 Å². The highest BCUT2D eigenvalue weighted by atomic mass is 32.1. The number of aryl methyl sites for hydroxylation is 1. The van der Waals surface area contributed by atoms with Gasteiger partial charge in [-0.2, -0.15) is 0 Å². The van der Waals surface area contributed by atoms with Crippen molar-refractivity contribution in [2.24, 2.45) is 5.92 Å². The molecule has 1 amide bonds. The zero-order valence-corrected chi connectivity index (χ0v) is 14.2. The van der Waals surface area contributed by atoms with Gasteiger partial charge in [0.2, 0.25) is 5.91 Å². The number of amides is 1. The number of rotatable bonds is 5. The fourth-order valence-corrected chi connectivity index (χ4v) is 4.02. The Labute approximate surface area is 143 Å². The van der Waals surface area contributed by atoms with Crippen molar-refractivity contribution >= 4 is 23.2 Å². The van der Waals surface area contributed by atoms with Gasteiger partial charge in [-0.25, -0.2) is 9.18 Å². The Morgan fingerprint density at radius 2 is 1.96 bits per heavy atom. The minimum absolute atomic E-state index is 0.163. The van der Waals surface area contributed by atoms with Crippen molar-refractivity contribution < 1.29 is 19.1 Å². The standard InChI is InChI=1S/C18H18FNO3S/c1-10-7-8-24-15(10)13-9-14(13)16(21)20-18(2,17(22)23)11-3-5-12(19)6-4-11/h3-8,13-14H,9H2,1-2H3,(H,20,21)(H,22,23). The highest BCUT2D eigenvalue weighted by molar-refractivity contribution is 7.10. The van der Waals surface area contributed by atoms with E-state index in [-0.39, 0.29) is 17.7 Å². The van der Waals surface area contributed by atoms with Gasteiger partial charge in [-0.15, -0.1) is 11.3 Å². The van der Waals surface area contributed by atoms with E-state index in [2.05, 4.69) is 5.32 Å². The number of carboxylic acids is 1. The van der Waals surface area contributed by atoms with E-state index >= 15 is 0 Å². The van der Waals surface area contributed by atoms with Crippen molar-refractivity contribution in [3.8, 4) is 0 Å². The van der Waals surface area contributed by atoms with Gasteiger partial charge >= 0.3 is 5.97 Å². The number of carbonyl (C=O) groups is 2. The molecule has 0 bridgehead atoms. The van der Waals surface area contributed by atoms with Gasteiger partial charge in [-0.3, -0.25) is 4.79 Å². The Bertz CT molecular complexity index is 786. The van der Waals surface area contributed by atoms with Gasteiger partial charge in [0.25, 0.3) is 0 Å². The minimum atomic E-state index is -1.58. The Balaban J connectivity index is 1.77. The summed E-state index contributed by atoms with van der Waals surface area (Å²) in [5.41, 5.74) is -0.0725. The van der Waals surface area contributed by atoms with Crippen LogP contribution in [0.3, 0.4) is 0 Å². The van der Waals surface area contributed by atoms with E-state index in [0.29, 0.717) is 5.56 Å². The summed E-state index contributed by atoms with van der Waals surface area (Å²) in [4.78, 5) is 25.5. The molecule has 1 aliphatic rings. The number of hydrogen-bond acceptors (Lipinski definition) is 3. The van der Waals surface area contributed by atoms with Crippen LogP contribution in [0.4, 0.5) is 4.39 Å². The van der Waals surface area contributed by atoms with E-state index < -0.39 is 17.3 Å². The molecule has 24 heavy (non-hydrogen) atoms. The second-order valence-corrected chi connectivity index (χ2v) is 7.29. The van der Waals surface area contributed by atoms with Crippen molar-refractivity contribution in [2.75, 3.05) is 0 Å². The van der Waals surface area contributed by atoms with Gasteiger partial charge in [0.1, 0.15) is 5.82 Å². The van der Waals surface area contributed by atoms with Crippen LogP contribution in [0.25, 0.3) is 0 Å². The van der Waals surface area contributed by atoms with Crippen molar-refractivity contribution in [1.82, 2.24) is 5.32 Å². The minimum Gasteiger partial charge on any atom is -0.479 e. The second kappa shape index (κ2) is 6.02. The summed E-state index contributed by atoms with van der Waals surface area (Å²) in [5, 5.41) is 14.2. The average molecular weight is 347 g/mol. The summed E-state index contributed by atoms with van der Waals surface area (Å²) in [7, 11) is 0. The highest BCUT2D eigenvalue weighted by Gasteiger charge is 2.48. The Morgan fingerprint density at radius 1 is 1.29 bits per heavy atom. The lowest BCUT2D eigenvalue weighted by Crippen LogP contribution is -2.50. The summed E-state index contributed by atoms with van der Waals surface area (Å²) in [6, 6.07) is 7.18. The average Bonchev–Trinajstić information content (AvgIpc) is 3.22. The summed E-state index contributed by atoms with van der Waals surface area (Å²) < 4.78 is 13.1. The number of nitrogens with one attached hydrogen (secondary N) is 1. The molecule has 3 unspecified atom stereocenters. The van der Waals surface area contributed by atoms with Crippen LogP contribution in [0.15, 0.2) is 35.7 Å². The number of halogens is 1. The third kappa shape index (κ3) is 2.94. The topological polar surface area (TPSA) is 66.4 Å². The molecule has 3 rings (SSSR count). The zero-order chi connectivity index (χ0) is 17.5. The normalized spacial score (nSPS) is 21.8. The molecule has 6 heteroatoms. The molecule has 2 aromatic rings. The summed E-state index contributed by atoms with van der Waals surface area (Å²) in [6.45, 7) is 3.44. The quantitative estimate of drug-likeness (QED) is 0.871. The Kier molecular flexibility index (Phi) is 4.17. The van der Waals surface area contributed by atoms with Gasteiger partial charge in [0, 0.05) is 16.7 Å². The van der Waals surface area contributed by atoms with E-state index in [1.165, 1.54) is 41.6 Å². The molecule has 0 saturated heterocycles. The maximum Gasteiger partial charge on any atom is 0.333 e. The summed E-state index contributed by atoms with van der Waals surface area (Å²) >= 11 is 1.63. The van der Waals surface area contributed by atoms with Gasteiger partial charge in [-0.1, -0.05) is 12.1 Å². The molecule has 1 saturated carbocycles. The fourth-order valence-electron chi connectivity index (χ4n) is 2.91. The third-order valence-electron chi connectivity index (χ3n) is 4.59. The highest BCUT2D eigenvalue weighted by Crippen LogP contribution is 2.50. The molecule has 2 N–H and O–H groups in total. The zero-order valence-electron chi connectivity index (χ0n) is 13.4. The van der Waals surface area contributed by atoms with E-state index in [1.54, 1.807) is 11.3 Å². The molecule has 1 aromatic heterocycles. The lowest BCUT2D eigenvalue weighted by atomic mass is 9.91. The fraction of sp³-hybridized carbons (Fsp3) is 0.333. The first kappa shape index (κ1) is 16.6. The number of carboxylic acid groups (broad SMARTS) is 1. The lowest BCUT2D eigenvalue weighted by molar-refractivity contribution is -0.147. The maximum atomic E-state index is 13.1. The van der Waals surface area contributed by atoms with Crippen LogP contribution in [0.2, 0.25) is 0 Å². The maximum absolute atomic E-state index is 13.1. The van der Waals surface area contributed by atoms with Crippen LogP contribution in [-0.4, -0.2) is 17.0 Å². The largest absolute Gasteiger partial charge is 0.479 e. The molecule has 126 valence electrons. The number of carbonyl (C=O) groups excluding carboxylic acids is 1. The molecular weight excluding hydrogens is 329 g/mol. The lowest BCUT2D eigenvalue weighted by Gasteiger charge is -2.27. The van der Waals surface area contributed by atoms with Crippen LogP contribution < -0.4 is 5.32 Å². The van der Waals surface area contributed by atoms with Crippen LogP contribution >= 0.6 is 11.3 Å². The smallest absolute Gasteiger partial charge is 0.333 e. The van der Waals surface area contributed by atoms with Crippen LogP contribution in [0.5, 0.6) is 0 Å². The molecule has 1 fully saturated rings. The van der Waals surface area contributed by atoms with Crippen LogP contribution in [0.1, 0.15) is 35.3 Å². The molecule has 4 nitrogen and oxygen atoms in total. The molecular formula is C18H18FNO3S. The molecule has 3 atom stereocenters. The van der Waals surface area contributed by atoms with Crippen molar-refractivity contribution in [1.29, 1.82) is 0 Å². The van der Waals surface area contributed by atoms with Gasteiger partial charge in [-0.05, 0) is 55.0 Å². The predicted molar refractivity (Wildman–Crippen MR) is 89.4 cm³/mol. The summed E-state index contributed by atoms with van der Waals surface area (Å²) in [5.74, 6) is -1.94. The molecule has 1 heterocycles. The molecule has 1 aliphatic carbocycles. The van der Waals surface area contributed by atoms with E-state index in [4.69, 9.17) is 0 Å². The number of benzene rings is 1. The molecule has 0 spiro atoms. The van der Waals surface area contributed by atoms with Crippen molar-refractivity contribution in [2.45, 2.75) is 31.7 Å². The Hall–Kier alpha value is -2.21. The Morgan fingerprint density at radius 3 is 2.50 bits per heavy atom. The van der Waals surface area contributed by atoms with E-state index in [9.17, 15) is 19.1 Å². The number of hydrogen-bond donors (Lipinski definition) is 2. The van der Waals surface area contributed by atoms with Crippen LogP contribution in [-0.2, 0) is 15.1 Å². The van der Waals surface area contributed by atoms with Gasteiger partial charge < -0.3 is 10.4 Å². The van der Waals surface area contributed by atoms with Gasteiger partial charge in [0.05, 0.1) is 0 Å². The van der Waals surface area contributed by atoms with Crippen LogP contribution in [0, 0.1) is 18.7 Å². The van der Waals surface area contributed by atoms with E-state index in [0.717, 1.165) is 6.42 Å². The number of aliphatic carboxylic acids is 1. The first-order chi connectivity index (χ1) is 11.3. The summed E-state index contributed by atoms with van der Waals surface area (Å²) in [6.07, 6.45) is 0.728. The number of thiophene rings is 1. The van der Waals surface area contributed by atoms with Gasteiger partial charge in [0.15, 0.2) is 5.54 Å². The molecule has 1 aromatic carbocycles. The first-order valence-corrected chi connectivity index (χ1v) is 8.56. The monoisotopic (exact) mass is 347 g/mol. The van der Waals surface area contributed by atoms with Crippen molar-refractivity contribution in [3.63, 3.8) is 0 Å². The first-order valence-electron chi connectivity index (χ1n) is 7.68. The molecule has 0 aliphatic heterocycles. The van der Waals surface area contributed by atoms with Crippen molar-refractivity contribution in [3.05, 3.63) is 57.5 Å². The molecule has 0 radical (unpaired) electrons.